The predicted octanol–water partition coefficient (Wildman–Crippen LogP) is 6.86. The Morgan fingerprint density at radius 3 is 2.69 bits per heavy atom. The number of fused-ring (bicyclic) bond motifs is 1. The topological polar surface area (TPSA) is 93.4 Å². The highest BCUT2D eigenvalue weighted by molar-refractivity contribution is 6.32. The van der Waals surface area contributed by atoms with Crippen LogP contribution in [0.15, 0.2) is 60.8 Å². The highest BCUT2D eigenvalue weighted by atomic mass is 35.5. The Labute approximate surface area is 235 Å². The number of nitrogens with two attached hydrogens (primary N) is 1. The lowest BCUT2D eigenvalue weighted by Crippen LogP contribution is -2.46. The van der Waals surface area contributed by atoms with E-state index in [0.29, 0.717) is 23.2 Å². The normalized spacial score (nSPS) is 18.7. The summed E-state index contributed by atoms with van der Waals surface area (Å²) >= 11 is 6.57. The van der Waals surface area contributed by atoms with Crippen LogP contribution in [-0.2, 0) is 17.7 Å². The van der Waals surface area contributed by atoms with Gasteiger partial charge in [-0.25, -0.2) is 14.8 Å². The van der Waals surface area contributed by atoms with Gasteiger partial charge in [0.2, 0.25) is 5.95 Å². The third-order valence-electron chi connectivity index (χ3n) is 7.21. The SMILES string of the molecule is CC(C)(C)OC(=O)N(Cc1ccc(N)cc1)[C@H]1CCC[C@@H](Nc2ncc(Cl)c(C3=CCc4ccccc43)n2)C1. The Bertz CT molecular complexity index is 1370. The molecular formula is C31H36ClN5O2. The largest absolute Gasteiger partial charge is 0.444 e. The van der Waals surface area contributed by atoms with Crippen LogP contribution in [0.3, 0.4) is 0 Å². The summed E-state index contributed by atoms with van der Waals surface area (Å²) in [6.45, 7) is 6.14. The number of ether oxygens (including phenoxy) is 1. The second-order valence-electron chi connectivity index (χ2n) is 11.4. The van der Waals surface area contributed by atoms with E-state index in [1.54, 1.807) is 6.20 Å². The Morgan fingerprint density at radius 1 is 1.15 bits per heavy atom. The van der Waals surface area contributed by atoms with Gasteiger partial charge in [-0.05, 0) is 81.7 Å². The Morgan fingerprint density at radius 2 is 1.92 bits per heavy atom. The van der Waals surface area contributed by atoms with Crippen LogP contribution >= 0.6 is 11.6 Å². The number of halogens is 1. The van der Waals surface area contributed by atoms with E-state index in [9.17, 15) is 4.79 Å². The fourth-order valence-electron chi connectivity index (χ4n) is 5.38. The molecule has 0 aliphatic heterocycles. The molecule has 1 amide bonds. The van der Waals surface area contributed by atoms with E-state index < -0.39 is 5.60 Å². The zero-order valence-electron chi connectivity index (χ0n) is 22.8. The molecule has 1 heterocycles. The summed E-state index contributed by atoms with van der Waals surface area (Å²) in [6.07, 6.45) is 8.02. The van der Waals surface area contributed by atoms with Crippen LogP contribution in [0.4, 0.5) is 16.4 Å². The van der Waals surface area contributed by atoms with Crippen molar-refractivity contribution in [2.75, 3.05) is 11.1 Å². The molecule has 0 saturated heterocycles. The smallest absolute Gasteiger partial charge is 0.410 e. The zero-order chi connectivity index (χ0) is 27.6. The second-order valence-corrected chi connectivity index (χ2v) is 11.8. The lowest BCUT2D eigenvalue weighted by molar-refractivity contribution is 0.00938. The molecule has 0 radical (unpaired) electrons. The van der Waals surface area contributed by atoms with Gasteiger partial charge in [0, 0.05) is 29.9 Å². The highest BCUT2D eigenvalue weighted by Gasteiger charge is 2.33. The van der Waals surface area contributed by atoms with E-state index in [-0.39, 0.29) is 18.2 Å². The molecule has 2 aromatic carbocycles. The van der Waals surface area contributed by atoms with Gasteiger partial charge in [-0.3, -0.25) is 0 Å². The Hall–Kier alpha value is -3.58. The molecule has 3 N–H and O–H groups in total. The second kappa shape index (κ2) is 11.3. The number of amides is 1. The van der Waals surface area contributed by atoms with Crippen molar-refractivity contribution in [3.05, 3.63) is 88.2 Å². The van der Waals surface area contributed by atoms with Crippen LogP contribution in [0.5, 0.6) is 0 Å². The first kappa shape index (κ1) is 27.0. The van der Waals surface area contributed by atoms with Gasteiger partial charge >= 0.3 is 6.09 Å². The average Bonchev–Trinajstić information content (AvgIpc) is 3.32. The van der Waals surface area contributed by atoms with Gasteiger partial charge in [0.25, 0.3) is 0 Å². The summed E-state index contributed by atoms with van der Waals surface area (Å²) in [6, 6.07) is 16.1. The standard InChI is InChI=1S/C31H36ClN5O2/c1-31(2,3)39-30(38)37(19-20-11-14-22(33)15-12-20)24-9-6-8-23(17-24)35-29-34-18-27(32)28(36-29)26-16-13-21-7-4-5-10-25(21)26/h4-5,7,10-12,14-16,18,23-24H,6,8-9,13,17,19,33H2,1-3H3,(H,34,35,36)/t23-,24+/m1/s1. The molecule has 8 heteroatoms. The van der Waals surface area contributed by atoms with E-state index in [1.807, 2.05) is 56.0 Å². The van der Waals surface area contributed by atoms with Gasteiger partial charge in [0.05, 0.1) is 16.9 Å². The number of aromatic nitrogens is 2. The van der Waals surface area contributed by atoms with Crippen molar-refractivity contribution in [1.82, 2.24) is 14.9 Å². The number of carbonyl (C=O) groups is 1. The molecule has 39 heavy (non-hydrogen) atoms. The number of rotatable bonds is 6. The van der Waals surface area contributed by atoms with Gasteiger partial charge in [-0.1, -0.05) is 54.1 Å². The van der Waals surface area contributed by atoms with E-state index >= 15 is 0 Å². The summed E-state index contributed by atoms with van der Waals surface area (Å²) in [4.78, 5) is 24.5. The Kier molecular flexibility index (Phi) is 7.80. The van der Waals surface area contributed by atoms with Crippen molar-refractivity contribution < 1.29 is 9.53 Å². The molecule has 3 aromatic rings. The number of allylic oxidation sites excluding steroid dienone is 1. The molecule has 204 valence electrons. The molecule has 0 bridgehead atoms. The van der Waals surface area contributed by atoms with Crippen LogP contribution < -0.4 is 11.1 Å². The molecule has 0 spiro atoms. The number of nitrogens with zero attached hydrogens (tertiary/aromatic N) is 3. The van der Waals surface area contributed by atoms with Crippen LogP contribution in [0.1, 0.15) is 68.8 Å². The van der Waals surface area contributed by atoms with E-state index in [0.717, 1.165) is 54.5 Å². The van der Waals surface area contributed by atoms with Gasteiger partial charge in [0.15, 0.2) is 0 Å². The molecule has 1 aromatic heterocycles. The summed E-state index contributed by atoms with van der Waals surface area (Å²) in [5, 5.41) is 4.07. The number of nitrogens with one attached hydrogen (secondary N) is 1. The van der Waals surface area contributed by atoms with Crippen molar-refractivity contribution in [3.8, 4) is 0 Å². The van der Waals surface area contributed by atoms with E-state index in [4.69, 9.17) is 27.1 Å². The molecule has 1 saturated carbocycles. The quantitative estimate of drug-likeness (QED) is 0.329. The maximum Gasteiger partial charge on any atom is 0.410 e. The zero-order valence-corrected chi connectivity index (χ0v) is 23.5. The molecule has 2 aliphatic carbocycles. The molecule has 2 atom stereocenters. The molecule has 0 unspecified atom stereocenters. The van der Waals surface area contributed by atoms with Gasteiger partial charge in [-0.15, -0.1) is 0 Å². The van der Waals surface area contributed by atoms with Crippen molar-refractivity contribution in [3.63, 3.8) is 0 Å². The van der Waals surface area contributed by atoms with Crippen LogP contribution in [0.2, 0.25) is 5.02 Å². The third kappa shape index (κ3) is 6.53. The van der Waals surface area contributed by atoms with Crippen LogP contribution in [0, 0.1) is 0 Å². The number of carbonyl (C=O) groups excluding carboxylic acids is 1. The number of hydrogen-bond acceptors (Lipinski definition) is 6. The van der Waals surface area contributed by atoms with Gasteiger partial charge in [0.1, 0.15) is 5.60 Å². The number of benzene rings is 2. The number of nitrogen functional groups attached to an aromatic ring is 1. The first-order chi connectivity index (χ1) is 18.7. The Balaban J connectivity index is 1.33. The van der Waals surface area contributed by atoms with Crippen molar-refractivity contribution in [1.29, 1.82) is 0 Å². The maximum atomic E-state index is 13.3. The molecule has 1 fully saturated rings. The summed E-state index contributed by atoms with van der Waals surface area (Å²) in [7, 11) is 0. The van der Waals surface area contributed by atoms with Gasteiger partial charge in [-0.2, -0.15) is 0 Å². The highest BCUT2D eigenvalue weighted by Crippen LogP contribution is 2.35. The molecular weight excluding hydrogens is 510 g/mol. The predicted molar refractivity (Wildman–Crippen MR) is 157 cm³/mol. The number of anilines is 2. The summed E-state index contributed by atoms with van der Waals surface area (Å²) < 4.78 is 5.81. The monoisotopic (exact) mass is 545 g/mol. The van der Waals surface area contributed by atoms with E-state index in [2.05, 4.69) is 34.6 Å². The minimum Gasteiger partial charge on any atom is -0.444 e. The minimum absolute atomic E-state index is 0.0137. The van der Waals surface area contributed by atoms with E-state index in [1.165, 1.54) is 5.56 Å². The fraction of sp³-hybridized carbons (Fsp3) is 0.387. The molecule has 7 nitrogen and oxygen atoms in total. The van der Waals surface area contributed by atoms with Crippen LogP contribution in [-0.4, -0.2) is 38.6 Å². The molecule has 2 aliphatic rings. The van der Waals surface area contributed by atoms with Crippen molar-refractivity contribution >= 4 is 34.9 Å². The third-order valence-corrected chi connectivity index (χ3v) is 7.49. The summed E-state index contributed by atoms with van der Waals surface area (Å²) in [5.74, 6) is 0.549. The summed E-state index contributed by atoms with van der Waals surface area (Å²) in [5.41, 5.74) is 11.2. The number of hydrogen-bond donors (Lipinski definition) is 2. The van der Waals surface area contributed by atoms with Gasteiger partial charge < -0.3 is 20.7 Å². The first-order valence-corrected chi connectivity index (χ1v) is 14.0. The van der Waals surface area contributed by atoms with Crippen molar-refractivity contribution in [2.24, 2.45) is 0 Å². The lowest BCUT2D eigenvalue weighted by Gasteiger charge is -2.38. The lowest BCUT2D eigenvalue weighted by atomic mass is 9.90. The average molecular weight is 546 g/mol. The van der Waals surface area contributed by atoms with Crippen molar-refractivity contribution in [2.45, 2.75) is 77.1 Å². The molecule has 5 rings (SSSR count). The maximum absolute atomic E-state index is 13.3. The minimum atomic E-state index is -0.580. The fourth-order valence-corrected chi connectivity index (χ4v) is 5.57. The first-order valence-electron chi connectivity index (χ1n) is 13.6. The van der Waals surface area contributed by atoms with Crippen LogP contribution in [0.25, 0.3) is 5.57 Å².